The summed E-state index contributed by atoms with van der Waals surface area (Å²) in [4.78, 5) is 23.9. The second kappa shape index (κ2) is 11.0. The van der Waals surface area contributed by atoms with Crippen molar-refractivity contribution in [3.05, 3.63) is 46.0 Å². The Labute approximate surface area is 255 Å². The summed E-state index contributed by atoms with van der Waals surface area (Å²) in [7, 11) is 0. The zero-order chi connectivity index (χ0) is 31.8. The van der Waals surface area contributed by atoms with E-state index in [2.05, 4.69) is 6.92 Å². The summed E-state index contributed by atoms with van der Waals surface area (Å²) in [6.45, 7) is 4.80. The van der Waals surface area contributed by atoms with Crippen molar-refractivity contribution in [2.45, 2.75) is 126 Å². The van der Waals surface area contributed by atoms with E-state index in [0.29, 0.717) is 37.7 Å². The maximum atomic E-state index is 12.7. The van der Waals surface area contributed by atoms with Gasteiger partial charge in [0, 0.05) is 30.7 Å². The molecule has 12 heteroatoms. The van der Waals surface area contributed by atoms with Gasteiger partial charge in [-0.1, -0.05) is 25.5 Å². The Bertz CT molecular complexity index is 1340. The highest BCUT2D eigenvalue weighted by Gasteiger charge is 2.76. The Balaban J connectivity index is 1.29. The second-order valence-corrected chi connectivity index (χ2v) is 14.0. The number of fused-ring (bicyclic) bond motifs is 5. The Morgan fingerprint density at radius 3 is 2.45 bits per heavy atom. The minimum atomic E-state index is -1.61. The molecular formula is C32H44O12. The van der Waals surface area contributed by atoms with Crippen LogP contribution in [0.1, 0.15) is 77.2 Å². The largest absolute Gasteiger partial charge is 0.462 e. The van der Waals surface area contributed by atoms with E-state index in [1.165, 1.54) is 19.3 Å². The van der Waals surface area contributed by atoms with Crippen molar-refractivity contribution >= 4 is 5.97 Å². The Kier molecular flexibility index (Phi) is 7.94. The molecule has 12 nitrogen and oxygen atoms in total. The molecule has 1 saturated heterocycles. The van der Waals surface area contributed by atoms with Crippen molar-refractivity contribution in [2.24, 2.45) is 16.7 Å². The molecule has 0 unspecified atom stereocenters. The van der Waals surface area contributed by atoms with Crippen LogP contribution in [0.3, 0.4) is 0 Å². The summed E-state index contributed by atoms with van der Waals surface area (Å²) in [5.41, 5.74) is -3.29. The molecule has 1 aliphatic heterocycles. The summed E-state index contributed by atoms with van der Waals surface area (Å²) in [5, 5.41) is 65.7. The maximum Gasteiger partial charge on any atom is 0.335 e. The monoisotopic (exact) mass is 620 g/mol. The number of ether oxygens (including phenoxy) is 3. The van der Waals surface area contributed by atoms with Crippen LogP contribution in [0.5, 0.6) is 0 Å². The third kappa shape index (κ3) is 4.56. The fourth-order valence-electron chi connectivity index (χ4n) is 9.64. The second-order valence-electron chi connectivity index (χ2n) is 14.0. The van der Waals surface area contributed by atoms with Gasteiger partial charge in [-0.15, -0.1) is 0 Å². The van der Waals surface area contributed by atoms with E-state index >= 15 is 0 Å². The van der Waals surface area contributed by atoms with E-state index in [0.717, 1.165) is 5.57 Å². The van der Waals surface area contributed by atoms with Gasteiger partial charge in [-0.2, -0.15) is 0 Å². The fourth-order valence-corrected chi connectivity index (χ4v) is 9.64. The van der Waals surface area contributed by atoms with Crippen molar-refractivity contribution in [2.75, 3.05) is 6.61 Å². The highest BCUT2D eigenvalue weighted by atomic mass is 16.7. The van der Waals surface area contributed by atoms with E-state index in [9.17, 15) is 40.2 Å². The van der Waals surface area contributed by atoms with Gasteiger partial charge in [-0.3, -0.25) is 4.79 Å². The molecule has 13 atom stereocenters. The predicted molar refractivity (Wildman–Crippen MR) is 152 cm³/mol. The lowest BCUT2D eigenvalue weighted by atomic mass is 9.43. The van der Waals surface area contributed by atoms with Crippen LogP contribution in [0.4, 0.5) is 0 Å². The number of carbonyl (C=O) groups excluding carboxylic acids is 1. The van der Waals surface area contributed by atoms with Crippen molar-refractivity contribution in [3.63, 3.8) is 0 Å². The molecule has 1 aromatic rings. The average molecular weight is 621 g/mol. The van der Waals surface area contributed by atoms with Crippen LogP contribution in [-0.4, -0.2) is 97.3 Å². The zero-order valence-corrected chi connectivity index (χ0v) is 25.3. The van der Waals surface area contributed by atoms with Crippen LogP contribution >= 0.6 is 0 Å². The first kappa shape index (κ1) is 31.8. The number of esters is 1. The molecule has 4 fully saturated rings. The van der Waals surface area contributed by atoms with Crippen molar-refractivity contribution in [1.82, 2.24) is 0 Å². The third-order valence-corrected chi connectivity index (χ3v) is 11.9. The highest BCUT2D eigenvalue weighted by molar-refractivity contribution is 5.66. The molecule has 5 aliphatic rings. The number of aliphatic hydroxyl groups excluding tert-OH is 4. The van der Waals surface area contributed by atoms with Gasteiger partial charge in [0.25, 0.3) is 0 Å². The molecule has 4 aliphatic carbocycles. The van der Waals surface area contributed by atoms with Crippen molar-refractivity contribution in [1.29, 1.82) is 0 Å². The first-order chi connectivity index (χ1) is 20.7. The minimum Gasteiger partial charge on any atom is -0.462 e. The van der Waals surface area contributed by atoms with Crippen molar-refractivity contribution in [3.8, 4) is 0 Å². The van der Waals surface area contributed by atoms with E-state index < -0.39 is 89.1 Å². The summed E-state index contributed by atoms with van der Waals surface area (Å²) < 4.78 is 22.6. The van der Waals surface area contributed by atoms with E-state index in [4.69, 9.17) is 18.6 Å². The predicted octanol–water partition coefficient (Wildman–Crippen LogP) is 0.643. The molecule has 2 heterocycles. The van der Waals surface area contributed by atoms with E-state index in [-0.39, 0.29) is 18.8 Å². The van der Waals surface area contributed by atoms with Crippen LogP contribution < -0.4 is 5.63 Å². The summed E-state index contributed by atoms with van der Waals surface area (Å²) in [6.07, 6.45) is -1.66. The Hall–Kier alpha value is -2.16. The lowest BCUT2D eigenvalue weighted by molar-refractivity contribution is -0.309. The number of allylic oxidation sites excluding steroid dienone is 1. The normalized spacial score (nSPS) is 48.5. The molecule has 0 spiro atoms. The molecule has 44 heavy (non-hydrogen) atoms. The maximum absolute atomic E-state index is 12.7. The van der Waals surface area contributed by atoms with Crippen molar-refractivity contribution < 1.29 is 54.1 Å². The summed E-state index contributed by atoms with van der Waals surface area (Å²) in [5.74, 6) is -1.31. The number of carbonyl (C=O) groups is 1. The Morgan fingerprint density at radius 1 is 1.05 bits per heavy atom. The number of hydrogen-bond donors (Lipinski definition) is 6. The molecule has 0 radical (unpaired) electrons. The first-order valence-electron chi connectivity index (χ1n) is 15.6. The highest BCUT2D eigenvalue weighted by Crippen LogP contribution is 2.71. The smallest absolute Gasteiger partial charge is 0.335 e. The van der Waals surface area contributed by atoms with Crippen LogP contribution in [0, 0.1) is 16.7 Å². The fraction of sp³-hybridized carbons (Fsp3) is 0.750. The first-order valence-corrected chi connectivity index (χ1v) is 15.6. The molecule has 6 N–H and O–H groups in total. The Morgan fingerprint density at radius 2 is 1.80 bits per heavy atom. The van der Waals surface area contributed by atoms with Gasteiger partial charge in [0.1, 0.15) is 36.1 Å². The van der Waals surface area contributed by atoms with Gasteiger partial charge >= 0.3 is 11.6 Å². The van der Waals surface area contributed by atoms with Gasteiger partial charge < -0.3 is 49.3 Å². The van der Waals surface area contributed by atoms with Gasteiger partial charge in [-0.05, 0) is 61.5 Å². The molecule has 3 saturated carbocycles. The standard InChI is InChI=1S/C32H44O12/c1-16(34)42-20-13-32(40)30(3,24(20)17-4-5-23(35)41-15-17)10-8-22-29(2)9-7-19(12-18(29)6-11-31(22,32)39)43-28-27(38)26(37)25(36)21(14-33)44-28/h4-5,12,15,19-22,24-28,33,36-40H,6-11,13-14H2,1-3H3/t19-,20-,21+,22+,24-,25+,26-,27+,28+,29-,30+,31-,32+/m0/s1. The quantitative estimate of drug-likeness (QED) is 0.199. The summed E-state index contributed by atoms with van der Waals surface area (Å²) >= 11 is 0. The lowest BCUT2D eigenvalue weighted by Gasteiger charge is -2.65. The number of hydrogen-bond acceptors (Lipinski definition) is 12. The van der Waals surface area contributed by atoms with Gasteiger partial charge in [-0.25, -0.2) is 4.79 Å². The number of rotatable bonds is 5. The topological polar surface area (TPSA) is 196 Å². The summed E-state index contributed by atoms with van der Waals surface area (Å²) in [6, 6.07) is 2.95. The molecule has 244 valence electrons. The number of aliphatic hydroxyl groups is 6. The molecule has 0 bridgehead atoms. The average Bonchev–Trinajstić information content (AvgIpc) is 3.20. The molecular weight excluding hydrogens is 576 g/mol. The molecule has 6 rings (SSSR count). The van der Waals surface area contributed by atoms with Crippen LogP contribution in [0.2, 0.25) is 0 Å². The van der Waals surface area contributed by atoms with Crippen LogP contribution in [0.15, 0.2) is 39.3 Å². The molecule has 0 amide bonds. The minimum absolute atomic E-state index is 0.0395. The van der Waals surface area contributed by atoms with E-state index in [1.807, 2.05) is 13.0 Å². The third-order valence-electron chi connectivity index (χ3n) is 11.9. The zero-order valence-electron chi connectivity index (χ0n) is 25.3. The molecule has 1 aromatic heterocycles. The van der Waals surface area contributed by atoms with Gasteiger partial charge in [0.05, 0.1) is 24.6 Å². The SMILES string of the molecule is CC(=O)O[C@H]1C[C@@]2(O)[C@](C)(CC[C@@H]3[C@@]4(C)CC[C@H](O[C@@H]5O[C@H](CO)[C@@H](O)[C@H](O)[C@H]5O)C=C4CC[C@]32O)[C@H]1c1ccc(=O)oc1. The van der Waals surface area contributed by atoms with Gasteiger partial charge in [0.2, 0.25) is 0 Å². The molecule has 0 aromatic carbocycles. The lowest BCUT2D eigenvalue weighted by Crippen LogP contribution is -2.71. The van der Waals surface area contributed by atoms with Crippen LogP contribution in [0.25, 0.3) is 0 Å². The van der Waals surface area contributed by atoms with Crippen LogP contribution in [-0.2, 0) is 19.0 Å². The van der Waals surface area contributed by atoms with Gasteiger partial charge in [0.15, 0.2) is 6.29 Å². The van der Waals surface area contributed by atoms with E-state index in [1.54, 1.807) is 6.07 Å².